The first-order chi connectivity index (χ1) is 13.5. The second-order valence-corrected chi connectivity index (χ2v) is 7.21. The zero-order valence-electron chi connectivity index (χ0n) is 16.5. The molecule has 0 bridgehead atoms. The molecule has 1 aromatic carbocycles. The molecule has 148 valence electrons. The van der Waals surface area contributed by atoms with Crippen molar-refractivity contribution in [3.63, 3.8) is 0 Å². The molecule has 0 saturated carbocycles. The summed E-state index contributed by atoms with van der Waals surface area (Å²) < 4.78 is 5.27. The minimum atomic E-state index is -0.255. The maximum absolute atomic E-state index is 12.9. The summed E-state index contributed by atoms with van der Waals surface area (Å²) in [6, 6.07) is 9.33. The minimum Gasteiger partial charge on any atom is -0.319 e. The van der Waals surface area contributed by atoms with E-state index in [-0.39, 0.29) is 17.2 Å². The number of anilines is 1. The molecule has 1 amide bonds. The standard InChI is InChI=1S/C19H24N6O2S/c1-5-15-21-22-19(24(15)6-2)28-12-16(26)20-17-13(3)23(4)25(18(17)27)14-10-8-7-9-11-14/h7-11H,5-6,12H2,1-4H3,(H,20,26). The van der Waals surface area contributed by atoms with Crippen molar-refractivity contribution in [1.29, 1.82) is 0 Å². The SMILES string of the molecule is CCc1nnc(SCC(=O)Nc2c(C)n(C)n(-c3ccccc3)c2=O)n1CC. The predicted octanol–water partition coefficient (Wildman–Crippen LogP) is 2.39. The normalized spacial score (nSPS) is 11.0. The molecule has 8 nitrogen and oxygen atoms in total. The van der Waals surface area contributed by atoms with Gasteiger partial charge in [0.15, 0.2) is 5.16 Å². The number of carbonyl (C=O) groups excluding carboxylic acids is 1. The van der Waals surface area contributed by atoms with Crippen molar-refractivity contribution in [3.05, 3.63) is 52.2 Å². The zero-order chi connectivity index (χ0) is 20.3. The number of thioether (sulfide) groups is 1. The maximum Gasteiger partial charge on any atom is 0.295 e. The lowest BCUT2D eigenvalue weighted by molar-refractivity contribution is -0.113. The van der Waals surface area contributed by atoms with Crippen LogP contribution in [-0.4, -0.2) is 35.8 Å². The van der Waals surface area contributed by atoms with Gasteiger partial charge in [0.1, 0.15) is 11.5 Å². The molecule has 2 aromatic heterocycles. The number of aromatic nitrogens is 5. The molecule has 1 N–H and O–H groups in total. The number of para-hydroxylation sites is 1. The lowest BCUT2D eigenvalue weighted by Crippen LogP contribution is -2.23. The van der Waals surface area contributed by atoms with Gasteiger partial charge in [0.25, 0.3) is 5.56 Å². The van der Waals surface area contributed by atoms with Gasteiger partial charge < -0.3 is 9.88 Å². The molecule has 0 radical (unpaired) electrons. The first kappa shape index (κ1) is 19.9. The molecular formula is C19H24N6O2S. The summed E-state index contributed by atoms with van der Waals surface area (Å²) in [5.74, 6) is 0.802. The largest absolute Gasteiger partial charge is 0.319 e. The molecule has 0 aliphatic carbocycles. The van der Waals surface area contributed by atoms with Gasteiger partial charge in [-0.05, 0) is 26.0 Å². The molecule has 3 aromatic rings. The van der Waals surface area contributed by atoms with Gasteiger partial charge in [0.2, 0.25) is 5.91 Å². The zero-order valence-corrected chi connectivity index (χ0v) is 17.3. The summed E-state index contributed by atoms with van der Waals surface area (Å²) in [5, 5.41) is 11.8. The molecule has 2 heterocycles. The van der Waals surface area contributed by atoms with Gasteiger partial charge in [-0.25, -0.2) is 4.68 Å². The van der Waals surface area contributed by atoms with Crippen LogP contribution in [0.3, 0.4) is 0 Å². The predicted molar refractivity (Wildman–Crippen MR) is 110 cm³/mol. The molecule has 0 fully saturated rings. The van der Waals surface area contributed by atoms with Gasteiger partial charge >= 0.3 is 0 Å². The molecule has 0 spiro atoms. The van der Waals surface area contributed by atoms with Crippen molar-refractivity contribution < 1.29 is 4.79 Å². The van der Waals surface area contributed by atoms with E-state index in [9.17, 15) is 9.59 Å². The van der Waals surface area contributed by atoms with Crippen LogP contribution in [0.4, 0.5) is 5.69 Å². The van der Waals surface area contributed by atoms with E-state index in [1.807, 2.05) is 55.7 Å². The number of amides is 1. The van der Waals surface area contributed by atoms with Crippen LogP contribution in [0.15, 0.2) is 40.3 Å². The number of hydrogen-bond donors (Lipinski definition) is 1. The van der Waals surface area contributed by atoms with Gasteiger partial charge in [-0.1, -0.05) is 36.9 Å². The van der Waals surface area contributed by atoms with Crippen LogP contribution in [0.25, 0.3) is 5.69 Å². The fourth-order valence-electron chi connectivity index (χ4n) is 3.02. The Morgan fingerprint density at radius 3 is 2.54 bits per heavy atom. The van der Waals surface area contributed by atoms with Crippen LogP contribution < -0.4 is 10.9 Å². The fourth-order valence-corrected chi connectivity index (χ4v) is 3.84. The van der Waals surface area contributed by atoms with Crippen LogP contribution in [0.2, 0.25) is 0 Å². The lowest BCUT2D eigenvalue weighted by Gasteiger charge is -2.07. The van der Waals surface area contributed by atoms with Gasteiger partial charge in [0, 0.05) is 20.0 Å². The molecule has 28 heavy (non-hydrogen) atoms. The van der Waals surface area contributed by atoms with E-state index >= 15 is 0 Å². The van der Waals surface area contributed by atoms with Crippen LogP contribution >= 0.6 is 11.8 Å². The van der Waals surface area contributed by atoms with E-state index in [2.05, 4.69) is 15.5 Å². The second-order valence-electron chi connectivity index (χ2n) is 6.27. The number of nitrogens with zero attached hydrogens (tertiary/aromatic N) is 5. The number of carbonyl (C=O) groups is 1. The monoisotopic (exact) mass is 400 g/mol. The Bertz CT molecular complexity index is 1030. The molecular weight excluding hydrogens is 376 g/mol. The van der Waals surface area contributed by atoms with Crippen molar-refractivity contribution in [2.45, 2.75) is 38.9 Å². The third-order valence-electron chi connectivity index (χ3n) is 4.58. The minimum absolute atomic E-state index is 0.154. The van der Waals surface area contributed by atoms with Crippen molar-refractivity contribution in [1.82, 2.24) is 24.1 Å². The first-order valence-corrected chi connectivity index (χ1v) is 10.1. The Kier molecular flexibility index (Phi) is 6.03. The van der Waals surface area contributed by atoms with Crippen molar-refractivity contribution >= 4 is 23.4 Å². The number of hydrogen-bond acceptors (Lipinski definition) is 5. The Labute approximate surface area is 167 Å². The van der Waals surface area contributed by atoms with Gasteiger partial charge in [0.05, 0.1) is 17.1 Å². The van der Waals surface area contributed by atoms with E-state index in [0.717, 1.165) is 24.5 Å². The second kappa shape index (κ2) is 8.47. The van der Waals surface area contributed by atoms with E-state index in [1.54, 1.807) is 16.4 Å². The third kappa shape index (κ3) is 3.75. The highest BCUT2D eigenvalue weighted by Crippen LogP contribution is 2.19. The summed E-state index contributed by atoms with van der Waals surface area (Å²) in [5.41, 5.74) is 1.48. The Balaban J connectivity index is 1.76. The van der Waals surface area contributed by atoms with Crippen LogP contribution in [0.1, 0.15) is 25.4 Å². The Hall–Kier alpha value is -2.81. The molecule has 0 aliphatic rings. The van der Waals surface area contributed by atoms with E-state index in [4.69, 9.17) is 0 Å². The topological polar surface area (TPSA) is 86.7 Å². The van der Waals surface area contributed by atoms with Crippen LogP contribution in [0, 0.1) is 6.92 Å². The average Bonchev–Trinajstić information content (AvgIpc) is 3.20. The van der Waals surface area contributed by atoms with E-state index in [0.29, 0.717) is 16.5 Å². The highest BCUT2D eigenvalue weighted by atomic mass is 32.2. The number of benzene rings is 1. The van der Waals surface area contributed by atoms with Gasteiger partial charge in [-0.15, -0.1) is 10.2 Å². The molecule has 0 saturated heterocycles. The summed E-state index contributed by atoms with van der Waals surface area (Å²) in [4.78, 5) is 25.3. The average molecular weight is 401 g/mol. The summed E-state index contributed by atoms with van der Waals surface area (Å²) in [6.45, 7) is 6.60. The van der Waals surface area contributed by atoms with Crippen molar-refractivity contribution in [2.24, 2.45) is 7.05 Å². The molecule has 9 heteroatoms. The van der Waals surface area contributed by atoms with Crippen molar-refractivity contribution in [3.8, 4) is 5.69 Å². The number of rotatable bonds is 7. The lowest BCUT2D eigenvalue weighted by atomic mass is 10.3. The van der Waals surface area contributed by atoms with Gasteiger partial charge in [-0.2, -0.15) is 0 Å². The maximum atomic E-state index is 12.9. The van der Waals surface area contributed by atoms with Crippen LogP contribution in [0.5, 0.6) is 0 Å². The number of aryl methyl sites for hydroxylation is 1. The Morgan fingerprint density at radius 1 is 1.18 bits per heavy atom. The summed E-state index contributed by atoms with van der Waals surface area (Å²) in [7, 11) is 1.80. The number of nitrogens with one attached hydrogen (secondary N) is 1. The molecule has 0 aliphatic heterocycles. The van der Waals surface area contributed by atoms with E-state index < -0.39 is 0 Å². The summed E-state index contributed by atoms with van der Waals surface area (Å²) >= 11 is 1.32. The van der Waals surface area contributed by atoms with E-state index in [1.165, 1.54) is 11.8 Å². The smallest absolute Gasteiger partial charge is 0.295 e. The molecule has 3 rings (SSSR count). The van der Waals surface area contributed by atoms with Crippen molar-refractivity contribution in [2.75, 3.05) is 11.1 Å². The molecule has 0 atom stereocenters. The van der Waals surface area contributed by atoms with Gasteiger partial charge in [-0.3, -0.25) is 14.3 Å². The summed E-state index contributed by atoms with van der Waals surface area (Å²) in [6.07, 6.45) is 0.788. The quantitative estimate of drug-likeness (QED) is 0.616. The third-order valence-corrected chi connectivity index (χ3v) is 5.54. The fraction of sp³-hybridized carbons (Fsp3) is 0.368. The molecule has 0 unspecified atom stereocenters. The van der Waals surface area contributed by atoms with Crippen LogP contribution in [-0.2, 0) is 24.8 Å². The highest BCUT2D eigenvalue weighted by Gasteiger charge is 2.19. The Morgan fingerprint density at radius 2 is 1.89 bits per heavy atom. The first-order valence-electron chi connectivity index (χ1n) is 9.16. The highest BCUT2D eigenvalue weighted by molar-refractivity contribution is 7.99.